The third-order valence-corrected chi connectivity index (χ3v) is 1.44. The van der Waals surface area contributed by atoms with E-state index in [0.717, 1.165) is 4.48 Å². The Bertz CT molecular complexity index is 80.6. The molecule has 4 N–H and O–H groups in total. The van der Waals surface area contributed by atoms with Crippen molar-refractivity contribution < 1.29 is 24.1 Å². The fourth-order valence-corrected chi connectivity index (χ4v) is 0. The smallest absolute Gasteiger partial charge is 0.250 e. The number of rotatable bonds is 1. The molecule has 0 aromatic heterocycles. The second-order valence-corrected chi connectivity index (χ2v) is 6.44. The number of hydrogen-bond donors (Lipinski definition) is 4. The van der Waals surface area contributed by atoms with E-state index < -0.39 is 16.1 Å². The summed E-state index contributed by atoms with van der Waals surface area (Å²) in [5.41, 5.74) is 0. The molecule has 5 nitrogen and oxygen atoms in total. The molecule has 0 aliphatic heterocycles. The van der Waals surface area contributed by atoms with Crippen LogP contribution in [-0.4, -0.2) is 52.2 Å². The first-order valence-electron chi connectivity index (χ1n) is 2.79. The maximum absolute atomic E-state index is 7.78. The van der Waals surface area contributed by atoms with Crippen LogP contribution in [0, 0.1) is 0 Å². The van der Waals surface area contributed by atoms with Gasteiger partial charge in [-0.2, -0.15) is 0 Å². The minimum Gasteiger partial charge on any atom is -0.344 e. The van der Waals surface area contributed by atoms with Crippen LogP contribution in [0.4, 0.5) is 0 Å². The Morgan fingerprint density at radius 1 is 0.727 bits per heavy atom. The average molecular weight is 204 g/mol. The van der Waals surface area contributed by atoms with Gasteiger partial charge in [-0.3, -0.25) is 0 Å². The Morgan fingerprint density at radius 3 is 0.818 bits per heavy atom. The van der Waals surface area contributed by atoms with E-state index >= 15 is 0 Å². The van der Waals surface area contributed by atoms with E-state index in [1.807, 2.05) is 0 Å². The summed E-state index contributed by atoms with van der Waals surface area (Å²) < 4.78 is 1.00. The Morgan fingerprint density at radius 2 is 0.818 bits per heavy atom. The first kappa shape index (κ1) is 14.2. The SMILES string of the molecule is C[N+](C)(C)C.OP(O)P(O)O. The average Bonchev–Trinajstić information content (AvgIpc) is 1.59. The zero-order valence-corrected chi connectivity index (χ0v) is 8.92. The summed E-state index contributed by atoms with van der Waals surface area (Å²) in [6.07, 6.45) is 0. The molecular weight excluding hydrogens is 188 g/mol. The molecule has 11 heavy (non-hydrogen) atoms. The molecule has 0 rings (SSSR count). The third-order valence-electron chi connectivity index (χ3n) is 0.160. The largest absolute Gasteiger partial charge is 0.344 e. The predicted octanol–water partition coefficient (Wildman–Crippen LogP) is -0.183. The monoisotopic (exact) mass is 204 g/mol. The summed E-state index contributed by atoms with van der Waals surface area (Å²) in [5.74, 6) is 0. The van der Waals surface area contributed by atoms with Crippen molar-refractivity contribution in [2.24, 2.45) is 0 Å². The van der Waals surface area contributed by atoms with Gasteiger partial charge in [0.1, 0.15) is 0 Å². The van der Waals surface area contributed by atoms with E-state index in [2.05, 4.69) is 28.2 Å². The maximum Gasteiger partial charge on any atom is 0.250 e. The number of quaternary nitrogens is 1. The van der Waals surface area contributed by atoms with Gasteiger partial charge in [-0.15, -0.1) is 0 Å². The van der Waals surface area contributed by atoms with Gasteiger partial charge in [-0.25, -0.2) is 0 Å². The number of nitrogens with zero attached hydrogens (tertiary/aromatic N) is 1. The molecule has 0 fully saturated rings. The molecule has 7 heteroatoms. The molecule has 0 amide bonds. The molecular formula is C4H16NO4P2+. The van der Waals surface area contributed by atoms with Crippen LogP contribution in [0.25, 0.3) is 0 Å². The summed E-state index contributed by atoms with van der Waals surface area (Å²) >= 11 is 0. The molecule has 0 heterocycles. The lowest BCUT2D eigenvalue weighted by atomic mass is 10.8. The molecule has 0 radical (unpaired) electrons. The zero-order valence-electron chi connectivity index (χ0n) is 7.13. The van der Waals surface area contributed by atoms with Gasteiger partial charge in [-0.1, -0.05) is 0 Å². The highest BCUT2D eigenvalue weighted by atomic mass is 32.1. The lowest BCUT2D eigenvalue weighted by Gasteiger charge is -2.14. The Hall–Kier alpha value is 0.660. The van der Waals surface area contributed by atoms with Crippen LogP contribution >= 0.6 is 16.1 Å². The third kappa shape index (κ3) is 36.8. The molecule has 0 spiro atoms. The van der Waals surface area contributed by atoms with Gasteiger partial charge in [0.05, 0.1) is 28.2 Å². The van der Waals surface area contributed by atoms with E-state index in [1.54, 1.807) is 0 Å². The molecule has 0 saturated heterocycles. The van der Waals surface area contributed by atoms with Gasteiger partial charge in [0.15, 0.2) is 0 Å². The first-order valence-corrected chi connectivity index (χ1v) is 5.99. The van der Waals surface area contributed by atoms with E-state index in [0.29, 0.717) is 0 Å². The molecule has 0 aliphatic rings. The lowest BCUT2D eigenvalue weighted by Crippen LogP contribution is -2.27. The molecule has 0 unspecified atom stereocenters. The van der Waals surface area contributed by atoms with Gasteiger partial charge >= 0.3 is 0 Å². The van der Waals surface area contributed by atoms with Crippen molar-refractivity contribution in [3.63, 3.8) is 0 Å². The molecule has 70 valence electrons. The van der Waals surface area contributed by atoms with Gasteiger partial charge < -0.3 is 24.1 Å². The first-order chi connectivity index (χ1) is 4.64. The summed E-state index contributed by atoms with van der Waals surface area (Å²) in [6.45, 7) is 0. The second kappa shape index (κ2) is 6.21. The van der Waals surface area contributed by atoms with Crippen LogP contribution in [0.3, 0.4) is 0 Å². The Kier molecular flexibility index (Phi) is 8.01. The van der Waals surface area contributed by atoms with Crippen LogP contribution in [0.1, 0.15) is 0 Å². The van der Waals surface area contributed by atoms with Crippen molar-refractivity contribution in [1.29, 1.82) is 0 Å². The summed E-state index contributed by atoms with van der Waals surface area (Å²) in [4.78, 5) is 31.1. The predicted molar refractivity (Wildman–Crippen MR) is 46.7 cm³/mol. The second-order valence-electron chi connectivity index (χ2n) is 3.22. The van der Waals surface area contributed by atoms with Gasteiger partial charge in [0, 0.05) is 0 Å². The van der Waals surface area contributed by atoms with Crippen LogP contribution in [0.15, 0.2) is 0 Å². The molecule has 0 atom stereocenters. The van der Waals surface area contributed by atoms with Gasteiger partial charge in [0.25, 0.3) is 16.1 Å². The Balaban J connectivity index is 0. The quantitative estimate of drug-likeness (QED) is 0.352. The van der Waals surface area contributed by atoms with E-state index in [9.17, 15) is 0 Å². The van der Waals surface area contributed by atoms with Crippen molar-refractivity contribution in [1.82, 2.24) is 0 Å². The minimum absolute atomic E-state index is 1.00. The van der Waals surface area contributed by atoms with Crippen LogP contribution in [0.2, 0.25) is 0 Å². The van der Waals surface area contributed by atoms with Crippen LogP contribution in [0.5, 0.6) is 0 Å². The van der Waals surface area contributed by atoms with E-state index in [-0.39, 0.29) is 0 Å². The Labute approximate surface area is 69.2 Å². The minimum atomic E-state index is -2.48. The van der Waals surface area contributed by atoms with Crippen LogP contribution in [-0.2, 0) is 0 Å². The molecule has 0 bridgehead atoms. The summed E-state index contributed by atoms with van der Waals surface area (Å²) in [5, 5.41) is 0. The zero-order chi connectivity index (χ0) is 9.65. The molecule has 0 saturated carbocycles. The fraction of sp³-hybridized carbons (Fsp3) is 1.00. The van der Waals surface area contributed by atoms with E-state index in [1.165, 1.54) is 0 Å². The van der Waals surface area contributed by atoms with Crippen molar-refractivity contribution in [3.05, 3.63) is 0 Å². The molecule has 0 aromatic rings. The highest BCUT2D eigenvalue weighted by Gasteiger charge is 2.08. The van der Waals surface area contributed by atoms with Crippen LogP contribution < -0.4 is 0 Å². The highest BCUT2D eigenvalue weighted by Crippen LogP contribution is 2.56. The number of hydrogen-bond acceptors (Lipinski definition) is 4. The van der Waals surface area contributed by atoms with Gasteiger partial charge in [-0.05, 0) is 0 Å². The topological polar surface area (TPSA) is 80.9 Å². The van der Waals surface area contributed by atoms with Crippen molar-refractivity contribution in [3.8, 4) is 0 Å². The van der Waals surface area contributed by atoms with Crippen molar-refractivity contribution >= 4 is 16.1 Å². The van der Waals surface area contributed by atoms with Crippen molar-refractivity contribution in [2.45, 2.75) is 0 Å². The molecule has 0 aromatic carbocycles. The highest BCUT2D eigenvalue weighted by molar-refractivity contribution is 8.19. The normalized spacial score (nSPS) is 11.5. The maximum atomic E-state index is 7.78. The summed E-state index contributed by atoms with van der Waals surface area (Å²) in [6, 6.07) is 0. The lowest BCUT2D eigenvalue weighted by molar-refractivity contribution is -0.849. The fourth-order valence-electron chi connectivity index (χ4n) is 0. The molecule has 0 aliphatic carbocycles. The van der Waals surface area contributed by atoms with Crippen molar-refractivity contribution in [2.75, 3.05) is 28.2 Å². The standard InChI is InChI=1S/C4H12N.H4O4P2/c1-5(2,3)4;1-5(2)6(3)4/h1-4H3;1-4H/q+1;. The van der Waals surface area contributed by atoms with Gasteiger partial charge in [0.2, 0.25) is 0 Å². The van der Waals surface area contributed by atoms with E-state index in [4.69, 9.17) is 19.6 Å². The summed E-state index contributed by atoms with van der Waals surface area (Å²) in [7, 11) is 3.53.